The zero-order valence-electron chi connectivity index (χ0n) is 13.0. The molecule has 0 aromatic rings. The van der Waals surface area contributed by atoms with Crippen molar-refractivity contribution in [2.45, 2.75) is 58.4 Å². The Morgan fingerprint density at radius 3 is 2.68 bits per heavy atom. The standard InChI is InChI=1S/C17H31NO/c1-17(2,7-8-19-3)11-18-16-10-12-9-15(16)14-6-4-5-13(12)14/h12-16,18H,4-11H2,1-3H3. The van der Waals surface area contributed by atoms with Crippen LogP contribution in [0.5, 0.6) is 0 Å². The van der Waals surface area contributed by atoms with Gasteiger partial charge in [-0.05, 0) is 61.2 Å². The number of fused-ring (bicyclic) bond motifs is 5. The molecular formula is C17H31NO. The summed E-state index contributed by atoms with van der Waals surface area (Å²) in [6.07, 6.45) is 8.73. The van der Waals surface area contributed by atoms with Gasteiger partial charge in [0.15, 0.2) is 0 Å². The largest absolute Gasteiger partial charge is 0.385 e. The van der Waals surface area contributed by atoms with E-state index < -0.39 is 0 Å². The van der Waals surface area contributed by atoms with Crippen LogP contribution in [0.2, 0.25) is 0 Å². The Balaban J connectivity index is 1.49. The van der Waals surface area contributed by atoms with Gasteiger partial charge in [0.1, 0.15) is 0 Å². The molecule has 3 fully saturated rings. The zero-order chi connectivity index (χ0) is 13.5. The van der Waals surface area contributed by atoms with Gasteiger partial charge < -0.3 is 10.1 Å². The molecule has 3 rings (SSSR count). The van der Waals surface area contributed by atoms with Gasteiger partial charge in [-0.1, -0.05) is 20.3 Å². The van der Waals surface area contributed by atoms with E-state index in [9.17, 15) is 0 Å². The first kappa shape index (κ1) is 13.9. The fourth-order valence-electron chi connectivity index (χ4n) is 5.18. The van der Waals surface area contributed by atoms with Crippen molar-refractivity contribution in [3.8, 4) is 0 Å². The van der Waals surface area contributed by atoms with Crippen LogP contribution in [-0.2, 0) is 4.74 Å². The zero-order valence-corrected chi connectivity index (χ0v) is 13.0. The van der Waals surface area contributed by atoms with Gasteiger partial charge in [-0.25, -0.2) is 0 Å². The second-order valence-corrected chi connectivity index (χ2v) is 8.05. The van der Waals surface area contributed by atoms with E-state index in [-0.39, 0.29) is 0 Å². The third-order valence-electron chi connectivity index (χ3n) is 6.25. The minimum absolute atomic E-state index is 0.368. The molecule has 0 aromatic carbocycles. The molecule has 110 valence electrons. The lowest BCUT2D eigenvalue weighted by atomic mass is 9.78. The first-order chi connectivity index (χ1) is 9.11. The molecule has 5 unspecified atom stereocenters. The fraction of sp³-hybridized carbons (Fsp3) is 1.00. The number of ether oxygens (including phenoxy) is 1. The maximum Gasteiger partial charge on any atom is 0.0467 e. The highest BCUT2D eigenvalue weighted by Gasteiger charge is 2.53. The molecule has 0 amide bonds. The Kier molecular flexibility index (Phi) is 3.92. The molecule has 0 heterocycles. The summed E-state index contributed by atoms with van der Waals surface area (Å²) < 4.78 is 5.23. The van der Waals surface area contributed by atoms with E-state index in [1.807, 2.05) is 0 Å². The predicted octanol–water partition coefficient (Wildman–Crippen LogP) is 3.46. The average Bonchev–Trinajstić information content (AvgIpc) is 3.05. The van der Waals surface area contributed by atoms with Gasteiger partial charge in [0, 0.05) is 26.3 Å². The summed E-state index contributed by atoms with van der Waals surface area (Å²) >= 11 is 0. The molecule has 2 heteroatoms. The van der Waals surface area contributed by atoms with E-state index in [1.54, 1.807) is 7.11 Å². The van der Waals surface area contributed by atoms with E-state index >= 15 is 0 Å². The number of methoxy groups -OCH3 is 1. The van der Waals surface area contributed by atoms with E-state index in [4.69, 9.17) is 4.74 Å². The van der Waals surface area contributed by atoms with Gasteiger partial charge in [0.05, 0.1) is 0 Å². The molecule has 3 aliphatic rings. The Hall–Kier alpha value is -0.0800. The maximum atomic E-state index is 5.23. The van der Waals surface area contributed by atoms with Crippen LogP contribution in [0, 0.1) is 29.1 Å². The monoisotopic (exact) mass is 265 g/mol. The smallest absolute Gasteiger partial charge is 0.0467 e. The highest BCUT2D eigenvalue weighted by Crippen LogP contribution is 2.58. The van der Waals surface area contributed by atoms with Gasteiger partial charge in [-0.3, -0.25) is 0 Å². The first-order valence-corrected chi connectivity index (χ1v) is 8.33. The molecule has 0 saturated heterocycles. The van der Waals surface area contributed by atoms with Gasteiger partial charge in [-0.2, -0.15) is 0 Å². The Labute approximate surface area is 118 Å². The molecule has 3 aliphatic carbocycles. The predicted molar refractivity (Wildman–Crippen MR) is 79.1 cm³/mol. The van der Waals surface area contributed by atoms with Crippen molar-refractivity contribution in [2.24, 2.45) is 29.1 Å². The first-order valence-electron chi connectivity index (χ1n) is 8.33. The van der Waals surface area contributed by atoms with Crippen molar-refractivity contribution in [3.63, 3.8) is 0 Å². The molecule has 1 N–H and O–H groups in total. The highest BCUT2D eigenvalue weighted by molar-refractivity contribution is 5.05. The summed E-state index contributed by atoms with van der Waals surface area (Å²) in [4.78, 5) is 0. The third kappa shape index (κ3) is 2.71. The summed E-state index contributed by atoms with van der Waals surface area (Å²) in [5.74, 6) is 4.27. The summed E-state index contributed by atoms with van der Waals surface area (Å²) in [6.45, 7) is 6.77. The van der Waals surface area contributed by atoms with Crippen molar-refractivity contribution < 1.29 is 4.74 Å². The fourth-order valence-corrected chi connectivity index (χ4v) is 5.18. The molecule has 0 spiro atoms. The molecule has 5 atom stereocenters. The molecule has 0 radical (unpaired) electrons. The molecule has 2 nitrogen and oxygen atoms in total. The van der Waals surface area contributed by atoms with Crippen LogP contribution >= 0.6 is 0 Å². The number of nitrogens with one attached hydrogen (secondary N) is 1. The van der Waals surface area contributed by atoms with Crippen molar-refractivity contribution in [1.82, 2.24) is 5.32 Å². The summed E-state index contributed by atoms with van der Waals surface area (Å²) in [5, 5.41) is 3.92. The van der Waals surface area contributed by atoms with E-state index in [1.165, 1.54) is 32.1 Å². The molecule has 2 bridgehead atoms. The van der Waals surface area contributed by atoms with E-state index in [0.717, 1.165) is 49.3 Å². The number of rotatable bonds is 6. The topological polar surface area (TPSA) is 21.3 Å². The van der Waals surface area contributed by atoms with E-state index in [2.05, 4.69) is 19.2 Å². The lowest BCUT2D eigenvalue weighted by Crippen LogP contribution is -2.43. The molecule has 0 aliphatic heterocycles. The number of hydrogen-bond donors (Lipinski definition) is 1. The molecule has 19 heavy (non-hydrogen) atoms. The normalized spacial score (nSPS) is 40.9. The van der Waals surface area contributed by atoms with E-state index in [0.29, 0.717) is 5.41 Å². The van der Waals surface area contributed by atoms with Crippen molar-refractivity contribution in [3.05, 3.63) is 0 Å². The molecule has 0 aromatic heterocycles. The van der Waals surface area contributed by atoms with Gasteiger partial charge in [0.2, 0.25) is 0 Å². The maximum absolute atomic E-state index is 5.23. The Morgan fingerprint density at radius 2 is 1.89 bits per heavy atom. The minimum atomic E-state index is 0.368. The van der Waals surface area contributed by atoms with Crippen LogP contribution in [0.3, 0.4) is 0 Å². The van der Waals surface area contributed by atoms with Crippen LogP contribution in [0.25, 0.3) is 0 Å². The second-order valence-electron chi connectivity index (χ2n) is 8.05. The number of hydrogen-bond acceptors (Lipinski definition) is 2. The Morgan fingerprint density at radius 1 is 1.11 bits per heavy atom. The minimum Gasteiger partial charge on any atom is -0.385 e. The van der Waals surface area contributed by atoms with Crippen molar-refractivity contribution >= 4 is 0 Å². The van der Waals surface area contributed by atoms with Crippen LogP contribution in [0.15, 0.2) is 0 Å². The highest BCUT2D eigenvalue weighted by atomic mass is 16.5. The second kappa shape index (κ2) is 5.37. The summed E-state index contributed by atoms with van der Waals surface area (Å²) in [6, 6.07) is 0.825. The SMILES string of the molecule is COCCC(C)(C)CNC1CC2CC1C1CCCC21. The van der Waals surface area contributed by atoms with Gasteiger partial charge in [-0.15, -0.1) is 0 Å². The van der Waals surface area contributed by atoms with Crippen molar-refractivity contribution in [2.75, 3.05) is 20.3 Å². The van der Waals surface area contributed by atoms with Gasteiger partial charge >= 0.3 is 0 Å². The average molecular weight is 265 g/mol. The van der Waals surface area contributed by atoms with Crippen LogP contribution in [0.1, 0.15) is 52.4 Å². The lowest BCUT2D eigenvalue weighted by molar-refractivity contribution is 0.140. The molecule has 3 saturated carbocycles. The third-order valence-corrected chi connectivity index (χ3v) is 6.25. The molecular weight excluding hydrogens is 234 g/mol. The summed E-state index contributed by atoms with van der Waals surface area (Å²) in [5.41, 5.74) is 0.368. The quantitative estimate of drug-likeness (QED) is 0.794. The van der Waals surface area contributed by atoms with Crippen LogP contribution < -0.4 is 5.32 Å². The van der Waals surface area contributed by atoms with Crippen molar-refractivity contribution in [1.29, 1.82) is 0 Å². The lowest BCUT2D eigenvalue weighted by Gasteiger charge is -2.35. The van der Waals surface area contributed by atoms with Crippen LogP contribution in [0.4, 0.5) is 0 Å². The van der Waals surface area contributed by atoms with Gasteiger partial charge in [0.25, 0.3) is 0 Å². The van der Waals surface area contributed by atoms with Crippen LogP contribution in [-0.4, -0.2) is 26.3 Å². The summed E-state index contributed by atoms with van der Waals surface area (Å²) in [7, 11) is 1.81. The Bertz CT molecular complexity index is 314.